The quantitative estimate of drug-likeness (QED) is 0.660. The van der Waals surface area contributed by atoms with E-state index in [0.29, 0.717) is 25.0 Å². The number of nitrogens with zero attached hydrogens (tertiary/aromatic N) is 2. The smallest absolute Gasteiger partial charge is 0.236 e. The van der Waals surface area contributed by atoms with Crippen LogP contribution in [-0.4, -0.2) is 55.0 Å². The van der Waals surface area contributed by atoms with E-state index in [1.807, 2.05) is 11.9 Å². The lowest BCUT2D eigenvalue weighted by molar-refractivity contribution is -0.131. The molecule has 0 bridgehead atoms. The molecule has 0 radical (unpaired) electrons. The van der Waals surface area contributed by atoms with E-state index < -0.39 is 0 Å². The molecule has 0 unspecified atom stereocenters. The molecule has 0 aromatic rings. The summed E-state index contributed by atoms with van der Waals surface area (Å²) in [6.45, 7) is 11.7. The third kappa shape index (κ3) is 7.53. The van der Waals surface area contributed by atoms with E-state index in [1.54, 1.807) is 0 Å². The molecule has 4 heteroatoms. The second kappa shape index (κ2) is 10.2. The van der Waals surface area contributed by atoms with Crippen molar-refractivity contribution in [3.05, 3.63) is 0 Å². The number of rotatable bonds is 10. The molecule has 114 valence electrons. The van der Waals surface area contributed by atoms with Gasteiger partial charge in [-0.1, -0.05) is 27.7 Å². The van der Waals surface area contributed by atoms with Gasteiger partial charge in [0.05, 0.1) is 6.54 Å². The highest BCUT2D eigenvalue weighted by atomic mass is 16.2. The van der Waals surface area contributed by atoms with Crippen LogP contribution in [0.4, 0.5) is 0 Å². The first kappa shape index (κ1) is 18.4. The van der Waals surface area contributed by atoms with Crippen LogP contribution in [0.15, 0.2) is 0 Å². The Kier molecular flexibility index (Phi) is 9.88. The van der Waals surface area contributed by atoms with Crippen LogP contribution in [0.2, 0.25) is 0 Å². The van der Waals surface area contributed by atoms with Crippen molar-refractivity contribution in [3.63, 3.8) is 0 Å². The lowest BCUT2D eigenvalue weighted by Gasteiger charge is -2.32. The molecule has 0 aliphatic carbocycles. The van der Waals surface area contributed by atoms with Crippen LogP contribution in [0, 0.1) is 5.92 Å². The van der Waals surface area contributed by atoms with Crippen molar-refractivity contribution in [1.29, 1.82) is 0 Å². The predicted molar refractivity (Wildman–Crippen MR) is 82.1 cm³/mol. The molecular formula is C15H33N3O. The normalized spacial score (nSPS) is 11.6. The van der Waals surface area contributed by atoms with Gasteiger partial charge in [0.2, 0.25) is 5.91 Å². The summed E-state index contributed by atoms with van der Waals surface area (Å²) in [5, 5.41) is 0. The van der Waals surface area contributed by atoms with E-state index in [1.165, 1.54) is 0 Å². The van der Waals surface area contributed by atoms with Crippen molar-refractivity contribution in [2.24, 2.45) is 11.7 Å². The molecule has 0 spiro atoms. The Morgan fingerprint density at radius 1 is 1.21 bits per heavy atom. The SMILES string of the molecule is CCC(CC)N(CC(=O)N(C)CCCN)CC(C)C. The monoisotopic (exact) mass is 271 g/mol. The summed E-state index contributed by atoms with van der Waals surface area (Å²) >= 11 is 0. The molecule has 1 amide bonds. The molecule has 0 saturated carbocycles. The topological polar surface area (TPSA) is 49.6 Å². The Bertz CT molecular complexity index is 240. The van der Waals surface area contributed by atoms with E-state index in [4.69, 9.17) is 5.73 Å². The van der Waals surface area contributed by atoms with Gasteiger partial charge in [-0.25, -0.2) is 0 Å². The second-order valence-electron chi connectivity index (χ2n) is 5.75. The summed E-state index contributed by atoms with van der Waals surface area (Å²) in [6, 6.07) is 0.509. The second-order valence-corrected chi connectivity index (χ2v) is 5.75. The minimum Gasteiger partial charge on any atom is -0.345 e. The highest BCUT2D eigenvalue weighted by Crippen LogP contribution is 2.11. The maximum atomic E-state index is 12.2. The van der Waals surface area contributed by atoms with Crippen molar-refractivity contribution in [3.8, 4) is 0 Å². The Labute approximate surface area is 119 Å². The fraction of sp³-hybridized carbons (Fsp3) is 0.933. The summed E-state index contributed by atoms with van der Waals surface area (Å²) in [5.74, 6) is 0.795. The van der Waals surface area contributed by atoms with Crippen molar-refractivity contribution in [2.75, 3.05) is 33.2 Å². The first-order valence-electron chi connectivity index (χ1n) is 7.64. The average molecular weight is 271 g/mol. The standard InChI is InChI=1S/C15H33N3O/c1-6-14(7-2)18(11-13(3)4)12-15(19)17(5)10-8-9-16/h13-14H,6-12,16H2,1-5H3. The fourth-order valence-electron chi connectivity index (χ4n) is 2.36. The van der Waals surface area contributed by atoms with Gasteiger partial charge in [-0.2, -0.15) is 0 Å². The van der Waals surface area contributed by atoms with Crippen LogP contribution < -0.4 is 5.73 Å². The van der Waals surface area contributed by atoms with E-state index >= 15 is 0 Å². The third-order valence-electron chi connectivity index (χ3n) is 3.52. The Morgan fingerprint density at radius 2 is 1.79 bits per heavy atom. The van der Waals surface area contributed by atoms with Gasteiger partial charge in [-0.3, -0.25) is 9.69 Å². The molecule has 0 fully saturated rings. The number of amides is 1. The first-order valence-corrected chi connectivity index (χ1v) is 7.64. The summed E-state index contributed by atoms with van der Waals surface area (Å²) in [4.78, 5) is 16.4. The van der Waals surface area contributed by atoms with Crippen LogP contribution in [0.1, 0.15) is 47.0 Å². The van der Waals surface area contributed by atoms with Gasteiger partial charge in [0.1, 0.15) is 0 Å². The highest BCUT2D eigenvalue weighted by molar-refractivity contribution is 5.78. The number of hydrogen-bond donors (Lipinski definition) is 1. The lowest BCUT2D eigenvalue weighted by Crippen LogP contribution is -2.45. The largest absolute Gasteiger partial charge is 0.345 e. The molecule has 0 aromatic heterocycles. The predicted octanol–water partition coefficient (Wildman–Crippen LogP) is 1.94. The zero-order valence-electron chi connectivity index (χ0n) is 13.5. The number of hydrogen-bond acceptors (Lipinski definition) is 3. The van der Waals surface area contributed by atoms with Crippen LogP contribution in [-0.2, 0) is 4.79 Å². The lowest BCUT2D eigenvalue weighted by atomic mass is 10.1. The Morgan fingerprint density at radius 3 is 2.21 bits per heavy atom. The first-order chi connectivity index (χ1) is 8.96. The van der Waals surface area contributed by atoms with Crippen molar-refractivity contribution >= 4 is 5.91 Å². The number of carbonyl (C=O) groups excluding carboxylic acids is 1. The summed E-state index contributed by atoms with van der Waals surface area (Å²) < 4.78 is 0. The number of nitrogens with two attached hydrogens (primary N) is 1. The van der Waals surface area contributed by atoms with Gasteiger partial charge >= 0.3 is 0 Å². The molecule has 19 heavy (non-hydrogen) atoms. The van der Waals surface area contributed by atoms with Gasteiger partial charge in [0.25, 0.3) is 0 Å². The molecule has 0 aliphatic rings. The minimum absolute atomic E-state index is 0.209. The summed E-state index contributed by atoms with van der Waals surface area (Å²) in [7, 11) is 1.87. The third-order valence-corrected chi connectivity index (χ3v) is 3.52. The van der Waals surface area contributed by atoms with E-state index in [0.717, 1.165) is 32.4 Å². The highest BCUT2D eigenvalue weighted by Gasteiger charge is 2.20. The molecule has 0 aliphatic heterocycles. The molecule has 0 heterocycles. The Balaban J connectivity index is 4.48. The van der Waals surface area contributed by atoms with Gasteiger partial charge in [0.15, 0.2) is 0 Å². The van der Waals surface area contributed by atoms with Crippen molar-refractivity contribution < 1.29 is 4.79 Å². The van der Waals surface area contributed by atoms with Crippen LogP contribution in [0.3, 0.4) is 0 Å². The number of likely N-dealkylation sites (N-methyl/N-ethyl adjacent to an activating group) is 1. The molecular weight excluding hydrogens is 238 g/mol. The molecule has 2 N–H and O–H groups in total. The van der Waals surface area contributed by atoms with Gasteiger partial charge in [0, 0.05) is 26.2 Å². The molecule has 0 aromatic carbocycles. The minimum atomic E-state index is 0.209. The van der Waals surface area contributed by atoms with Crippen LogP contribution in [0.25, 0.3) is 0 Å². The van der Waals surface area contributed by atoms with Crippen molar-refractivity contribution in [2.45, 2.75) is 53.0 Å². The molecule has 0 saturated heterocycles. The van der Waals surface area contributed by atoms with Gasteiger partial charge in [-0.15, -0.1) is 0 Å². The number of carbonyl (C=O) groups is 1. The van der Waals surface area contributed by atoms with Crippen LogP contribution >= 0.6 is 0 Å². The summed E-state index contributed by atoms with van der Waals surface area (Å²) in [6.07, 6.45) is 3.07. The van der Waals surface area contributed by atoms with Gasteiger partial charge in [-0.05, 0) is 31.7 Å². The maximum absolute atomic E-state index is 12.2. The maximum Gasteiger partial charge on any atom is 0.236 e. The van der Waals surface area contributed by atoms with E-state index in [-0.39, 0.29) is 5.91 Å². The van der Waals surface area contributed by atoms with Gasteiger partial charge < -0.3 is 10.6 Å². The average Bonchev–Trinajstić information content (AvgIpc) is 2.36. The van der Waals surface area contributed by atoms with Crippen molar-refractivity contribution in [1.82, 2.24) is 9.80 Å². The van der Waals surface area contributed by atoms with Crippen LogP contribution in [0.5, 0.6) is 0 Å². The fourth-order valence-corrected chi connectivity index (χ4v) is 2.36. The zero-order valence-corrected chi connectivity index (χ0v) is 13.5. The summed E-state index contributed by atoms with van der Waals surface area (Å²) in [5.41, 5.74) is 5.49. The van der Waals surface area contributed by atoms with E-state index in [9.17, 15) is 4.79 Å². The van der Waals surface area contributed by atoms with E-state index in [2.05, 4.69) is 32.6 Å². The zero-order chi connectivity index (χ0) is 14.8. The molecule has 0 atom stereocenters. The Hall–Kier alpha value is -0.610. The molecule has 0 rings (SSSR count). The molecule has 4 nitrogen and oxygen atoms in total.